The van der Waals surface area contributed by atoms with E-state index in [0.29, 0.717) is 12.4 Å². The number of morpholine rings is 1. The van der Waals surface area contributed by atoms with Crippen LogP contribution in [-0.4, -0.2) is 34.1 Å². The Hall–Kier alpha value is -1.66. The van der Waals surface area contributed by atoms with Crippen LogP contribution < -0.4 is 11.1 Å². The third-order valence-corrected chi connectivity index (χ3v) is 2.75. The molecule has 1 aliphatic heterocycles. The van der Waals surface area contributed by atoms with Crippen molar-refractivity contribution in [1.82, 2.24) is 19.7 Å². The number of aromatic nitrogens is 3. The van der Waals surface area contributed by atoms with Crippen molar-refractivity contribution in [2.75, 3.05) is 25.5 Å². The number of nitrogen functional groups attached to an aromatic ring is 1. The van der Waals surface area contributed by atoms with E-state index in [1.54, 1.807) is 12.4 Å². The van der Waals surface area contributed by atoms with Gasteiger partial charge in [-0.15, -0.1) is 0 Å². The molecule has 3 heterocycles. The molecule has 0 amide bonds. The number of hydrogen-bond acceptors (Lipinski definition) is 5. The van der Waals surface area contributed by atoms with Gasteiger partial charge in [0.15, 0.2) is 0 Å². The fourth-order valence-electron chi connectivity index (χ4n) is 1.96. The molecule has 0 radical (unpaired) electrons. The van der Waals surface area contributed by atoms with Gasteiger partial charge in [-0.05, 0) is 0 Å². The summed E-state index contributed by atoms with van der Waals surface area (Å²) >= 11 is 0. The molecular weight excluding hydrogens is 206 g/mol. The van der Waals surface area contributed by atoms with Gasteiger partial charge < -0.3 is 15.8 Å². The van der Waals surface area contributed by atoms with Crippen LogP contribution in [0, 0.1) is 0 Å². The summed E-state index contributed by atoms with van der Waals surface area (Å²) in [6, 6.07) is 0.123. The monoisotopic (exact) mass is 219 g/mol. The number of nitrogens with zero attached hydrogens (tertiary/aromatic N) is 3. The van der Waals surface area contributed by atoms with Gasteiger partial charge in [0.2, 0.25) is 0 Å². The van der Waals surface area contributed by atoms with Crippen molar-refractivity contribution < 1.29 is 4.74 Å². The number of imidazole rings is 1. The second-order valence-electron chi connectivity index (χ2n) is 3.77. The van der Waals surface area contributed by atoms with Crippen LogP contribution >= 0.6 is 0 Å². The summed E-state index contributed by atoms with van der Waals surface area (Å²) in [7, 11) is 0. The molecule has 6 heteroatoms. The number of anilines is 1. The summed E-state index contributed by atoms with van der Waals surface area (Å²) < 4.78 is 7.38. The third-order valence-electron chi connectivity index (χ3n) is 2.75. The molecule has 3 N–H and O–H groups in total. The van der Waals surface area contributed by atoms with E-state index in [1.165, 1.54) is 0 Å². The molecule has 1 unspecified atom stereocenters. The highest BCUT2D eigenvalue weighted by Crippen LogP contribution is 2.18. The lowest BCUT2D eigenvalue weighted by Gasteiger charge is -2.22. The summed E-state index contributed by atoms with van der Waals surface area (Å²) in [5, 5.41) is 3.36. The normalized spacial score (nSPS) is 21.4. The Morgan fingerprint density at radius 3 is 3.25 bits per heavy atom. The van der Waals surface area contributed by atoms with Crippen molar-refractivity contribution in [2.45, 2.75) is 6.04 Å². The number of nitrogens with two attached hydrogens (primary N) is 1. The van der Waals surface area contributed by atoms with Gasteiger partial charge in [-0.3, -0.25) is 4.40 Å². The van der Waals surface area contributed by atoms with Crippen molar-refractivity contribution in [3.05, 3.63) is 24.4 Å². The molecule has 1 saturated heterocycles. The van der Waals surface area contributed by atoms with Crippen molar-refractivity contribution in [3.8, 4) is 0 Å². The van der Waals surface area contributed by atoms with E-state index in [2.05, 4.69) is 15.3 Å². The number of nitrogens with one attached hydrogen (secondary N) is 1. The lowest BCUT2D eigenvalue weighted by atomic mass is 10.2. The molecule has 84 valence electrons. The first-order chi connectivity index (χ1) is 7.86. The molecule has 1 aliphatic rings. The summed E-state index contributed by atoms with van der Waals surface area (Å²) in [4.78, 5) is 8.41. The van der Waals surface area contributed by atoms with Crippen LogP contribution in [0.4, 0.5) is 5.82 Å². The molecule has 1 atom stereocenters. The minimum Gasteiger partial charge on any atom is -0.382 e. The second kappa shape index (κ2) is 3.73. The average Bonchev–Trinajstić information content (AvgIpc) is 2.75. The van der Waals surface area contributed by atoms with Gasteiger partial charge in [0.1, 0.15) is 17.2 Å². The van der Waals surface area contributed by atoms with Gasteiger partial charge in [0, 0.05) is 18.9 Å². The molecule has 6 nitrogen and oxygen atoms in total. The predicted octanol–water partition coefficient (Wildman–Crippen LogP) is -0.0276. The van der Waals surface area contributed by atoms with Gasteiger partial charge in [-0.1, -0.05) is 0 Å². The first-order valence-corrected chi connectivity index (χ1v) is 5.25. The summed E-state index contributed by atoms with van der Waals surface area (Å²) in [5.41, 5.74) is 6.61. The number of rotatable bonds is 1. The Labute approximate surface area is 92.4 Å². The van der Waals surface area contributed by atoms with Crippen molar-refractivity contribution in [1.29, 1.82) is 0 Å². The standard InChI is InChI=1S/C10H13N5O/c11-9-8-5-14-10(15(8)3-1-13-9)7-6-16-4-2-12-7/h1,3,5,7,12H,2,4,6H2,(H2,11,13). The zero-order valence-electron chi connectivity index (χ0n) is 8.76. The maximum Gasteiger partial charge on any atom is 0.149 e. The molecular formula is C10H13N5O. The van der Waals surface area contributed by atoms with Gasteiger partial charge >= 0.3 is 0 Å². The van der Waals surface area contributed by atoms with E-state index >= 15 is 0 Å². The zero-order valence-corrected chi connectivity index (χ0v) is 8.76. The van der Waals surface area contributed by atoms with E-state index in [-0.39, 0.29) is 6.04 Å². The first kappa shape index (κ1) is 9.56. The Kier molecular flexibility index (Phi) is 2.23. The Bertz CT molecular complexity index is 503. The van der Waals surface area contributed by atoms with Gasteiger partial charge in [0.25, 0.3) is 0 Å². The topological polar surface area (TPSA) is 77.5 Å². The fraction of sp³-hybridized carbons (Fsp3) is 0.400. The summed E-state index contributed by atoms with van der Waals surface area (Å²) in [5.74, 6) is 1.42. The van der Waals surface area contributed by atoms with Crippen LogP contribution in [0.25, 0.3) is 5.52 Å². The molecule has 0 saturated carbocycles. The van der Waals surface area contributed by atoms with Crippen LogP contribution in [-0.2, 0) is 4.74 Å². The van der Waals surface area contributed by atoms with Crippen LogP contribution in [0.1, 0.15) is 11.9 Å². The average molecular weight is 219 g/mol. The molecule has 2 aromatic heterocycles. The van der Waals surface area contributed by atoms with Crippen molar-refractivity contribution in [3.63, 3.8) is 0 Å². The highest BCUT2D eigenvalue weighted by Gasteiger charge is 2.20. The van der Waals surface area contributed by atoms with Crippen molar-refractivity contribution in [2.24, 2.45) is 0 Å². The zero-order chi connectivity index (χ0) is 11.0. The molecule has 2 aromatic rings. The lowest BCUT2D eigenvalue weighted by Crippen LogP contribution is -2.35. The Balaban J connectivity index is 2.06. The molecule has 0 aromatic carbocycles. The molecule has 0 aliphatic carbocycles. The largest absolute Gasteiger partial charge is 0.382 e. The quantitative estimate of drug-likeness (QED) is 0.704. The van der Waals surface area contributed by atoms with E-state index in [4.69, 9.17) is 10.5 Å². The maximum absolute atomic E-state index is 5.78. The fourth-order valence-corrected chi connectivity index (χ4v) is 1.96. The highest BCUT2D eigenvalue weighted by molar-refractivity contribution is 5.64. The first-order valence-electron chi connectivity index (χ1n) is 5.25. The van der Waals surface area contributed by atoms with E-state index in [9.17, 15) is 0 Å². The smallest absolute Gasteiger partial charge is 0.149 e. The Morgan fingerprint density at radius 2 is 2.44 bits per heavy atom. The molecule has 16 heavy (non-hydrogen) atoms. The molecule has 0 bridgehead atoms. The van der Waals surface area contributed by atoms with Gasteiger partial charge in [-0.25, -0.2) is 9.97 Å². The molecule has 1 fully saturated rings. The number of fused-ring (bicyclic) bond motifs is 1. The van der Waals surface area contributed by atoms with E-state index < -0.39 is 0 Å². The van der Waals surface area contributed by atoms with Gasteiger partial charge in [-0.2, -0.15) is 0 Å². The van der Waals surface area contributed by atoms with E-state index in [1.807, 2.05) is 10.6 Å². The minimum absolute atomic E-state index is 0.123. The van der Waals surface area contributed by atoms with E-state index in [0.717, 1.165) is 24.5 Å². The van der Waals surface area contributed by atoms with Crippen LogP contribution in [0.2, 0.25) is 0 Å². The van der Waals surface area contributed by atoms with Crippen LogP contribution in [0.5, 0.6) is 0 Å². The second-order valence-corrected chi connectivity index (χ2v) is 3.77. The highest BCUT2D eigenvalue weighted by atomic mass is 16.5. The summed E-state index contributed by atoms with van der Waals surface area (Å²) in [6.07, 6.45) is 5.29. The van der Waals surface area contributed by atoms with Gasteiger partial charge in [0.05, 0.1) is 25.5 Å². The minimum atomic E-state index is 0.123. The molecule has 0 spiro atoms. The summed E-state index contributed by atoms with van der Waals surface area (Å²) in [6.45, 7) is 2.24. The Morgan fingerprint density at radius 1 is 1.50 bits per heavy atom. The predicted molar refractivity (Wildman–Crippen MR) is 59.0 cm³/mol. The third kappa shape index (κ3) is 1.43. The van der Waals surface area contributed by atoms with Crippen molar-refractivity contribution >= 4 is 11.3 Å². The van der Waals surface area contributed by atoms with Crippen LogP contribution in [0.3, 0.4) is 0 Å². The SMILES string of the molecule is Nc1nccn2c(C3COCCN3)ncc12. The number of ether oxygens (including phenoxy) is 1. The van der Waals surface area contributed by atoms with Crippen LogP contribution in [0.15, 0.2) is 18.6 Å². The maximum atomic E-state index is 5.78. The molecule has 3 rings (SSSR count). The number of hydrogen-bond donors (Lipinski definition) is 2. The lowest BCUT2D eigenvalue weighted by molar-refractivity contribution is 0.0740.